The quantitative estimate of drug-likeness (QED) is 0.923. The van der Waals surface area contributed by atoms with Crippen LogP contribution >= 0.6 is 0 Å². The summed E-state index contributed by atoms with van der Waals surface area (Å²) in [6, 6.07) is 7.24. The maximum absolute atomic E-state index is 12.3. The van der Waals surface area contributed by atoms with Crippen LogP contribution in [0.4, 0.5) is 0 Å². The highest BCUT2D eigenvalue weighted by Gasteiger charge is 2.18. The third kappa shape index (κ3) is 3.78. The van der Waals surface area contributed by atoms with E-state index >= 15 is 0 Å². The van der Waals surface area contributed by atoms with Crippen molar-refractivity contribution in [1.29, 1.82) is 0 Å². The predicted molar refractivity (Wildman–Crippen MR) is 90.0 cm³/mol. The highest BCUT2D eigenvalue weighted by molar-refractivity contribution is 5.77. The molecule has 0 saturated heterocycles. The van der Waals surface area contributed by atoms with E-state index in [0.717, 1.165) is 6.42 Å². The Bertz CT molecular complexity index is 747. The Morgan fingerprint density at radius 1 is 1.30 bits per heavy atom. The van der Waals surface area contributed by atoms with Gasteiger partial charge in [-0.3, -0.25) is 9.59 Å². The lowest BCUT2D eigenvalue weighted by atomic mass is 10.0. The van der Waals surface area contributed by atoms with Crippen LogP contribution in [0.5, 0.6) is 0 Å². The second-order valence-corrected chi connectivity index (χ2v) is 6.47. The molecule has 1 aromatic carbocycles. The van der Waals surface area contributed by atoms with Gasteiger partial charge in [0.15, 0.2) is 0 Å². The average molecular weight is 313 g/mol. The number of H-pyrrole nitrogens is 1. The van der Waals surface area contributed by atoms with Gasteiger partial charge in [-0.05, 0) is 24.5 Å². The van der Waals surface area contributed by atoms with Crippen molar-refractivity contribution in [2.45, 2.75) is 45.1 Å². The molecule has 0 atom stereocenters. The zero-order valence-corrected chi connectivity index (χ0v) is 13.5. The van der Waals surface area contributed by atoms with Gasteiger partial charge in [-0.2, -0.15) is 0 Å². The minimum absolute atomic E-state index is 0.118. The van der Waals surface area contributed by atoms with Crippen LogP contribution in [0.15, 0.2) is 29.1 Å². The third-order valence-electron chi connectivity index (χ3n) is 4.72. The Morgan fingerprint density at radius 2 is 2.04 bits per heavy atom. The first kappa shape index (κ1) is 15.7. The molecule has 122 valence electrons. The molecule has 2 aromatic rings. The Hall–Kier alpha value is -2.17. The van der Waals surface area contributed by atoms with Gasteiger partial charge in [0.25, 0.3) is 5.56 Å². The zero-order valence-electron chi connectivity index (χ0n) is 13.5. The van der Waals surface area contributed by atoms with Gasteiger partial charge in [-0.1, -0.05) is 37.8 Å². The molecule has 1 amide bonds. The van der Waals surface area contributed by atoms with Gasteiger partial charge in [0.1, 0.15) is 5.82 Å². The Labute approximate surface area is 135 Å². The van der Waals surface area contributed by atoms with E-state index in [0.29, 0.717) is 35.6 Å². The summed E-state index contributed by atoms with van der Waals surface area (Å²) in [5.74, 6) is 1.36. The number of carbonyl (C=O) groups is 1. The molecule has 5 nitrogen and oxygen atoms in total. The van der Waals surface area contributed by atoms with Crippen molar-refractivity contribution in [2.24, 2.45) is 5.92 Å². The summed E-state index contributed by atoms with van der Waals surface area (Å²) < 4.78 is 0. The van der Waals surface area contributed by atoms with Crippen molar-refractivity contribution < 1.29 is 4.79 Å². The number of benzene rings is 1. The molecule has 0 spiro atoms. The SMILES string of the molecule is CN(Cc1nc2ccccc2c(=O)[nH]1)C(=O)CCC1CCCC1. The number of aromatic nitrogens is 2. The van der Waals surface area contributed by atoms with Crippen LogP contribution in [-0.2, 0) is 11.3 Å². The summed E-state index contributed by atoms with van der Waals surface area (Å²) in [6.07, 6.45) is 6.69. The van der Waals surface area contributed by atoms with Crippen molar-refractivity contribution >= 4 is 16.8 Å². The van der Waals surface area contributed by atoms with E-state index in [9.17, 15) is 9.59 Å². The number of para-hydroxylation sites is 1. The normalized spacial score (nSPS) is 15.2. The lowest BCUT2D eigenvalue weighted by molar-refractivity contribution is -0.130. The van der Waals surface area contributed by atoms with E-state index in [-0.39, 0.29) is 11.5 Å². The molecule has 3 rings (SSSR count). The van der Waals surface area contributed by atoms with Crippen LogP contribution < -0.4 is 5.56 Å². The van der Waals surface area contributed by atoms with Gasteiger partial charge >= 0.3 is 0 Å². The zero-order chi connectivity index (χ0) is 16.2. The topological polar surface area (TPSA) is 66.1 Å². The number of hydrogen-bond acceptors (Lipinski definition) is 3. The summed E-state index contributed by atoms with van der Waals surface area (Å²) in [4.78, 5) is 33.2. The largest absolute Gasteiger partial charge is 0.338 e. The Balaban J connectivity index is 1.63. The van der Waals surface area contributed by atoms with E-state index in [1.807, 2.05) is 18.2 Å². The van der Waals surface area contributed by atoms with Crippen LogP contribution in [0.2, 0.25) is 0 Å². The number of fused-ring (bicyclic) bond motifs is 1. The van der Waals surface area contributed by atoms with Gasteiger partial charge in [-0.25, -0.2) is 4.98 Å². The molecule has 0 aliphatic heterocycles. The van der Waals surface area contributed by atoms with E-state index < -0.39 is 0 Å². The molecular formula is C18H23N3O2. The molecule has 1 aromatic heterocycles. The molecular weight excluding hydrogens is 290 g/mol. The van der Waals surface area contributed by atoms with Crippen molar-refractivity contribution in [3.63, 3.8) is 0 Å². The first-order valence-corrected chi connectivity index (χ1v) is 8.35. The molecule has 5 heteroatoms. The van der Waals surface area contributed by atoms with E-state index in [2.05, 4.69) is 9.97 Å². The molecule has 23 heavy (non-hydrogen) atoms. The molecule has 0 radical (unpaired) electrons. The second-order valence-electron chi connectivity index (χ2n) is 6.47. The molecule has 1 saturated carbocycles. The first-order chi connectivity index (χ1) is 11.1. The Kier molecular flexibility index (Phi) is 4.74. The number of nitrogens with zero attached hydrogens (tertiary/aromatic N) is 2. The molecule has 1 fully saturated rings. The van der Waals surface area contributed by atoms with Crippen molar-refractivity contribution in [2.75, 3.05) is 7.05 Å². The van der Waals surface area contributed by atoms with Crippen LogP contribution in [0.1, 0.15) is 44.3 Å². The van der Waals surface area contributed by atoms with Gasteiger partial charge in [-0.15, -0.1) is 0 Å². The number of rotatable bonds is 5. The van der Waals surface area contributed by atoms with Crippen molar-refractivity contribution in [3.8, 4) is 0 Å². The predicted octanol–water partition coefficient (Wildman–Crippen LogP) is 2.85. The monoisotopic (exact) mass is 313 g/mol. The molecule has 1 aliphatic rings. The fourth-order valence-corrected chi connectivity index (χ4v) is 3.34. The summed E-state index contributed by atoms with van der Waals surface area (Å²) in [5, 5.41) is 0.575. The summed E-state index contributed by atoms with van der Waals surface area (Å²) in [7, 11) is 1.77. The number of aromatic amines is 1. The highest BCUT2D eigenvalue weighted by atomic mass is 16.2. The Morgan fingerprint density at radius 3 is 2.83 bits per heavy atom. The number of carbonyl (C=O) groups excluding carboxylic acids is 1. The summed E-state index contributed by atoms with van der Waals surface area (Å²) >= 11 is 0. The average Bonchev–Trinajstić information content (AvgIpc) is 3.06. The minimum Gasteiger partial charge on any atom is -0.338 e. The van der Waals surface area contributed by atoms with Crippen LogP contribution in [0, 0.1) is 5.92 Å². The third-order valence-corrected chi connectivity index (χ3v) is 4.72. The van der Waals surface area contributed by atoms with E-state index in [1.54, 1.807) is 18.0 Å². The van der Waals surface area contributed by atoms with Crippen molar-refractivity contribution in [1.82, 2.24) is 14.9 Å². The van der Waals surface area contributed by atoms with E-state index in [1.165, 1.54) is 25.7 Å². The van der Waals surface area contributed by atoms with Gasteiger partial charge < -0.3 is 9.88 Å². The number of amides is 1. The molecule has 1 aliphatic carbocycles. The van der Waals surface area contributed by atoms with Gasteiger partial charge in [0.05, 0.1) is 17.4 Å². The van der Waals surface area contributed by atoms with Crippen LogP contribution in [0.3, 0.4) is 0 Å². The summed E-state index contributed by atoms with van der Waals surface area (Å²) in [6.45, 7) is 0.337. The first-order valence-electron chi connectivity index (χ1n) is 8.35. The molecule has 1 N–H and O–H groups in total. The fourth-order valence-electron chi connectivity index (χ4n) is 3.34. The number of nitrogens with one attached hydrogen (secondary N) is 1. The second kappa shape index (κ2) is 6.94. The fraction of sp³-hybridized carbons (Fsp3) is 0.500. The lowest BCUT2D eigenvalue weighted by Crippen LogP contribution is -2.28. The molecule has 1 heterocycles. The minimum atomic E-state index is -0.155. The maximum Gasteiger partial charge on any atom is 0.258 e. The molecule has 0 bridgehead atoms. The van der Waals surface area contributed by atoms with Crippen LogP contribution in [-0.4, -0.2) is 27.8 Å². The highest BCUT2D eigenvalue weighted by Crippen LogP contribution is 2.28. The summed E-state index contributed by atoms with van der Waals surface area (Å²) in [5.41, 5.74) is 0.510. The van der Waals surface area contributed by atoms with Gasteiger partial charge in [0.2, 0.25) is 5.91 Å². The smallest absolute Gasteiger partial charge is 0.258 e. The standard InChI is InChI=1S/C18H23N3O2/c1-21(17(22)11-10-13-6-2-3-7-13)12-16-19-15-9-5-4-8-14(15)18(23)20-16/h4-5,8-9,13H,2-3,6-7,10-12H2,1H3,(H,19,20,23). The number of hydrogen-bond donors (Lipinski definition) is 1. The van der Waals surface area contributed by atoms with E-state index in [4.69, 9.17) is 0 Å². The lowest BCUT2D eigenvalue weighted by Gasteiger charge is -2.18. The maximum atomic E-state index is 12.3. The van der Waals surface area contributed by atoms with Crippen LogP contribution in [0.25, 0.3) is 10.9 Å². The molecule has 0 unspecified atom stereocenters. The van der Waals surface area contributed by atoms with Crippen molar-refractivity contribution in [3.05, 3.63) is 40.4 Å². The van der Waals surface area contributed by atoms with Gasteiger partial charge in [0, 0.05) is 13.5 Å².